The molecule has 92 valence electrons. The van der Waals surface area contributed by atoms with Gasteiger partial charge < -0.3 is 14.6 Å². The molecule has 0 spiro atoms. The van der Waals surface area contributed by atoms with Crippen LogP contribution in [-0.4, -0.2) is 18.5 Å². The fourth-order valence-corrected chi connectivity index (χ4v) is 1.91. The molecule has 3 heteroatoms. The van der Waals surface area contributed by atoms with Crippen LogP contribution in [0.3, 0.4) is 0 Å². The first-order valence-corrected chi connectivity index (χ1v) is 5.63. The van der Waals surface area contributed by atoms with Crippen molar-refractivity contribution in [1.29, 1.82) is 0 Å². The first-order valence-electron chi connectivity index (χ1n) is 5.63. The first kappa shape index (κ1) is 12.2. The number of carbonyl (C=O) groups excluding carboxylic acids is 1. The van der Waals surface area contributed by atoms with Crippen molar-refractivity contribution >= 4 is 6.29 Å². The summed E-state index contributed by atoms with van der Waals surface area (Å²) in [5.41, 5.74) is 1.64. The summed E-state index contributed by atoms with van der Waals surface area (Å²) in [4.78, 5) is 11.3. The fourth-order valence-electron chi connectivity index (χ4n) is 1.91. The molecule has 2 aromatic rings. The quantitative estimate of drug-likeness (QED) is 0.838. The first-order chi connectivity index (χ1) is 8.76. The van der Waals surface area contributed by atoms with E-state index in [1.807, 2.05) is 30.3 Å². The van der Waals surface area contributed by atoms with Gasteiger partial charge in [0.05, 0.1) is 13.0 Å². The standard InChI is InChI=1S/C15H14O3/c1-18-15-8-7-12(9-14(15)17)13(10-16)11-5-3-2-4-6-11/h2-10,13,17H,1H3. The predicted octanol–water partition coefficient (Wildman–Crippen LogP) is 2.73. The van der Waals surface area contributed by atoms with Gasteiger partial charge in [-0.05, 0) is 23.3 Å². The van der Waals surface area contributed by atoms with Crippen molar-refractivity contribution in [2.75, 3.05) is 7.11 Å². The normalized spacial score (nSPS) is 11.8. The predicted molar refractivity (Wildman–Crippen MR) is 69.0 cm³/mol. The lowest BCUT2D eigenvalue weighted by molar-refractivity contribution is -0.108. The molecule has 1 unspecified atom stereocenters. The zero-order valence-electron chi connectivity index (χ0n) is 10.0. The second-order valence-electron chi connectivity index (χ2n) is 3.96. The Morgan fingerprint density at radius 2 is 1.83 bits per heavy atom. The van der Waals surface area contributed by atoms with E-state index in [0.29, 0.717) is 5.75 Å². The van der Waals surface area contributed by atoms with E-state index < -0.39 is 0 Å². The largest absolute Gasteiger partial charge is 0.504 e. The number of aldehydes is 1. The second-order valence-corrected chi connectivity index (χ2v) is 3.96. The van der Waals surface area contributed by atoms with Gasteiger partial charge in [-0.2, -0.15) is 0 Å². The van der Waals surface area contributed by atoms with Gasteiger partial charge in [-0.1, -0.05) is 36.4 Å². The van der Waals surface area contributed by atoms with E-state index in [4.69, 9.17) is 4.74 Å². The van der Waals surface area contributed by atoms with Crippen molar-refractivity contribution in [2.45, 2.75) is 5.92 Å². The van der Waals surface area contributed by atoms with Crippen LogP contribution in [0.5, 0.6) is 11.5 Å². The molecule has 0 bridgehead atoms. The molecule has 0 aromatic heterocycles. The molecule has 0 fully saturated rings. The number of phenols is 1. The van der Waals surface area contributed by atoms with Crippen LogP contribution >= 0.6 is 0 Å². The van der Waals surface area contributed by atoms with E-state index in [0.717, 1.165) is 17.4 Å². The lowest BCUT2D eigenvalue weighted by Crippen LogP contribution is -2.02. The van der Waals surface area contributed by atoms with Crippen LogP contribution in [-0.2, 0) is 4.79 Å². The molecule has 1 N–H and O–H groups in total. The van der Waals surface area contributed by atoms with Crippen LogP contribution in [0.1, 0.15) is 17.0 Å². The average Bonchev–Trinajstić information content (AvgIpc) is 2.41. The summed E-state index contributed by atoms with van der Waals surface area (Å²) in [5, 5.41) is 9.74. The highest BCUT2D eigenvalue weighted by Gasteiger charge is 2.14. The number of carbonyl (C=O) groups is 1. The van der Waals surface area contributed by atoms with Gasteiger partial charge in [0.25, 0.3) is 0 Å². The van der Waals surface area contributed by atoms with Gasteiger partial charge in [0.2, 0.25) is 0 Å². The van der Waals surface area contributed by atoms with E-state index in [1.54, 1.807) is 18.2 Å². The third kappa shape index (κ3) is 2.35. The summed E-state index contributed by atoms with van der Waals surface area (Å²) in [6.45, 7) is 0. The number of ether oxygens (including phenoxy) is 1. The molecule has 0 heterocycles. The van der Waals surface area contributed by atoms with E-state index in [-0.39, 0.29) is 11.7 Å². The minimum atomic E-state index is -0.372. The maximum absolute atomic E-state index is 11.3. The number of hydrogen-bond acceptors (Lipinski definition) is 3. The van der Waals surface area contributed by atoms with E-state index >= 15 is 0 Å². The van der Waals surface area contributed by atoms with Crippen LogP contribution in [0, 0.1) is 0 Å². The summed E-state index contributed by atoms with van der Waals surface area (Å²) >= 11 is 0. The number of phenolic OH excluding ortho intramolecular Hbond substituents is 1. The molecule has 0 amide bonds. The van der Waals surface area contributed by atoms with Crippen molar-refractivity contribution in [3.05, 3.63) is 59.7 Å². The fraction of sp³-hybridized carbons (Fsp3) is 0.133. The second kappa shape index (κ2) is 5.36. The highest BCUT2D eigenvalue weighted by atomic mass is 16.5. The summed E-state index contributed by atoms with van der Waals surface area (Å²) in [5.74, 6) is 0.0669. The number of methoxy groups -OCH3 is 1. The minimum Gasteiger partial charge on any atom is -0.504 e. The number of aromatic hydroxyl groups is 1. The monoisotopic (exact) mass is 242 g/mol. The molecule has 0 aliphatic carbocycles. The van der Waals surface area contributed by atoms with E-state index in [2.05, 4.69) is 0 Å². The van der Waals surface area contributed by atoms with Crippen molar-refractivity contribution in [3.8, 4) is 11.5 Å². The smallest absolute Gasteiger partial charge is 0.160 e. The molecule has 0 aliphatic rings. The number of benzene rings is 2. The molecule has 2 aromatic carbocycles. The van der Waals surface area contributed by atoms with E-state index in [1.165, 1.54) is 7.11 Å². The Kier molecular flexibility index (Phi) is 3.63. The van der Waals surface area contributed by atoms with Crippen LogP contribution in [0.2, 0.25) is 0 Å². The van der Waals surface area contributed by atoms with Gasteiger partial charge in [-0.3, -0.25) is 0 Å². The van der Waals surface area contributed by atoms with Crippen molar-refractivity contribution < 1.29 is 14.6 Å². The Morgan fingerprint density at radius 1 is 1.11 bits per heavy atom. The third-order valence-electron chi connectivity index (χ3n) is 2.86. The lowest BCUT2D eigenvalue weighted by atomic mass is 9.92. The summed E-state index contributed by atoms with van der Waals surface area (Å²) < 4.78 is 4.98. The lowest BCUT2D eigenvalue weighted by Gasteiger charge is -2.12. The zero-order chi connectivity index (χ0) is 13.0. The maximum Gasteiger partial charge on any atom is 0.160 e. The highest BCUT2D eigenvalue weighted by molar-refractivity contribution is 5.69. The van der Waals surface area contributed by atoms with Crippen molar-refractivity contribution in [1.82, 2.24) is 0 Å². The van der Waals surface area contributed by atoms with Gasteiger partial charge in [-0.15, -0.1) is 0 Å². The van der Waals surface area contributed by atoms with Crippen LogP contribution in [0.25, 0.3) is 0 Å². The van der Waals surface area contributed by atoms with Crippen molar-refractivity contribution in [3.63, 3.8) is 0 Å². The van der Waals surface area contributed by atoms with Crippen LogP contribution < -0.4 is 4.74 Å². The number of hydrogen-bond donors (Lipinski definition) is 1. The van der Waals surface area contributed by atoms with E-state index in [9.17, 15) is 9.90 Å². The Balaban J connectivity index is 2.40. The molecule has 1 atom stereocenters. The van der Waals surface area contributed by atoms with Crippen LogP contribution in [0.4, 0.5) is 0 Å². The third-order valence-corrected chi connectivity index (χ3v) is 2.86. The van der Waals surface area contributed by atoms with Gasteiger partial charge in [0.15, 0.2) is 11.5 Å². The minimum absolute atomic E-state index is 0.0396. The highest BCUT2D eigenvalue weighted by Crippen LogP contribution is 2.31. The Bertz CT molecular complexity index is 535. The molecule has 3 nitrogen and oxygen atoms in total. The Labute approximate surface area is 106 Å². The summed E-state index contributed by atoms with van der Waals surface area (Å²) in [6, 6.07) is 14.4. The Morgan fingerprint density at radius 3 is 2.39 bits per heavy atom. The van der Waals surface area contributed by atoms with Gasteiger partial charge in [0.1, 0.15) is 6.29 Å². The summed E-state index contributed by atoms with van der Waals surface area (Å²) in [6.07, 6.45) is 0.872. The number of rotatable bonds is 4. The summed E-state index contributed by atoms with van der Waals surface area (Å²) in [7, 11) is 1.49. The van der Waals surface area contributed by atoms with Gasteiger partial charge >= 0.3 is 0 Å². The molecule has 0 radical (unpaired) electrons. The molecular formula is C15H14O3. The Hall–Kier alpha value is -2.29. The molecular weight excluding hydrogens is 228 g/mol. The maximum atomic E-state index is 11.3. The molecule has 0 aliphatic heterocycles. The van der Waals surface area contributed by atoms with Crippen LogP contribution in [0.15, 0.2) is 48.5 Å². The average molecular weight is 242 g/mol. The SMILES string of the molecule is COc1ccc(C(C=O)c2ccccc2)cc1O. The van der Waals surface area contributed by atoms with Crippen molar-refractivity contribution in [2.24, 2.45) is 0 Å². The molecule has 0 saturated carbocycles. The molecule has 2 rings (SSSR count). The van der Waals surface area contributed by atoms with Gasteiger partial charge in [-0.25, -0.2) is 0 Å². The topological polar surface area (TPSA) is 46.5 Å². The molecule has 18 heavy (non-hydrogen) atoms. The zero-order valence-corrected chi connectivity index (χ0v) is 10.0. The molecule has 0 saturated heterocycles. The van der Waals surface area contributed by atoms with Gasteiger partial charge in [0, 0.05) is 0 Å².